The van der Waals surface area contributed by atoms with Crippen molar-refractivity contribution in [3.63, 3.8) is 0 Å². The van der Waals surface area contributed by atoms with Gasteiger partial charge < -0.3 is 14.9 Å². The van der Waals surface area contributed by atoms with E-state index in [4.69, 9.17) is 0 Å². The molecule has 1 saturated heterocycles. The van der Waals surface area contributed by atoms with Crippen LogP contribution in [0.3, 0.4) is 0 Å². The van der Waals surface area contributed by atoms with Crippen LogP contribution in [0.15, 0.2) is 42.6 Å². The summed E-state index contributed by atoms with van der Waals surface area (Å²) in [6, 6.07) is 11.6. The molecule has 1 aliphatic heterocycles. The van der Waals surface area contributed by atoms with Gasteiger partial charge in [0, 0.05) is 44.9 Å². The topological polar surface area (TPSA) is 56.7 Å². The third-order valence-electron chi connectivity index (χ3n) is 4.53. The summed E-state index contributed by atoms with van der Waals surface area (Å²) < 4.78 is 0. The van der Waals surface area contributed by atoms with Crippen LogP contribution in [0.2, 0.25) is 0 Å². The molecule has 0 unspecified atom stereocenters. The molecule has 126 valence electrons. The molecule has 1 aromatic heterocycles. The molecule has 3 rings (SSSR count). The van der Waals surface area contributed by atoms with Crippen molar-refractivity contribution in [1.82, 2.24) is 9.88 Å². The quantitative estimate of drug-likeness (QED) is 0.939. The van der Waals surface area contributed by atoms with Gasteiger partial charge in [-0.2, -0.15) is 0 Å². The summed E-state index contributed by atoms with van der Waals surface area (Å²) in [6.45, 7) is 6.65. The van der Waals surface area contributed by atoms with Crippen LogP contribution in [0.4, 0.5) is 5.82 Å². The van der Waals surface area contributed by atoms with Crippen LogP contribution in [0.1, 0.15) is 29.7 Å². The highest BCUT2D eigenvalue weighted by molar-refractivity contribution is 5.73. The molecule has 1 amide bonds. The lowest BCUT2D eigenvalue weighted by Gasteiger charge is -2.35. The van der Waals surface area contributed by atoms with Gasteiger partial charge in [-0.25, -0.2) is 4.98 Å². The fourth-order valence-corrected chi connectivity index (χ4v) is 3.13. The van der Waals surface area contributed by atoms with E-state index in [9.17, 15) is 9.90 Å². The minimum Gasteiger partial charge on any atom is -0.384 e. The average Bonchev–Trinajstić information content (AvgIpc) is 2.62. The zero-order chi connectivity index (χ0) is 17.1. The molecule has 5 heteroatoms. The van der Waals surface area contributed by atoms with Gasteiger partial charge in [0.25, 0.3) is 0 Å². The highest BCUT2D eigenvalue weighted by Crippen LogP contribution is 2.26. The second-order valence-corrected chi connectivity index (χ2v) is 6.22. The fourth-order valence-electron chi connectivity index (χ4n) is 3.13. The van der Waals surface area contributed by atoms with Gasteiger partial charge in [-0.15, -0.1) is 0 Å². The minimum atomic E-state index is -0.666. The van der Waals surface area contributed by atoms with Crippen LogP contribution in [0.5, 0.6) is 0 Å². The maximum absolute atomic E-state index is 11.4. The van der Waals surface area contributed by atoms with Gasteiger partial charge in [0.1, 0.15) is 11.9 Å². The van der Waals surface area contributed by atoms with Gasteiger partial charge in [0.2, 0.25) is 5.91 Å². The van der Waals surface area contributed by atoms with Crippen molar-refractivity contribution in [1.29, 1.82) is 0 Å². The van der Waals surface area contributed by atoms with Gasteiger partial charge in [0.05, 0.1) is 0 Å². The lowest BCUT2D eigenvalue weighted by Crippen LogP contribution is -2.48. The second-order valence-electron chi connectivity index (χ2n) is 6.22. The van der Waals surface area contributed by atoms with Crippen LogP contribution in [-0.4, -0.2) is 47.1 Å². The highest BCUT2D eigenvalue weighted by atomic mass is 16.3. The van der Waals surface area contributed by atoms with E-state index in [1.807, 2.05) is 48.2 Å². The molecule has 0 spiro atoms. The Morgan fingerprint density at radius 1 is 1.12 bits per heavy atom. The van der Waals surface area contributed by atoms with E-state index >= 15 is 0 Å². The summed E-state index contributed by atoms with van der Waals surface area (Å²) in [5, 5.41) is 10.5. The molecule has 1 N–H and O–H groups in total. The van der Waals surface area contributed by atoms with E-state index in [0.29, 0.717) is 0 Å². The second kappa shape index (κ2) is 7.01. The van der Waals surface area contributed by atoms with Crippen molar-refractivity contribution in [3.05, 3.63) is 59.3 Å². The number of aryl methyl sites for hydroxylation is 1. The van der Waals surface area contributed by atoms with Crippen molar-refractivity contribution in [2.45, 2.75) is 20.0 Å². The van der Waals surface area contributed by atoms with E-state index < -0.39 is 6.10 Å². The van der Waals surface area contributed by atoms with Gasteiger partial charge in [0.15, 0.2) is 0 Å². The molecule has 24 heavy (non-hydrogen) atoms. The lowest BCUT2D eigenvalue weighted by atomic mass is 10.0. The number of benzene rings is 1. The number of carbonyl (C=O) groups is 1. The van der Waals surface area contributed by atoms with E-state index in [0.717, 1.165) is 48.7 Å². The molecule has 1 fully saturated rings. The van der Waals surface area contributed by atoms with E-state index in [1.54, 1.807) is 13.1 Å². The Morgan fingerprint density at radius 2 is 1.79 bits per heavy atom. The number of anilines is 1. The lowest BCUT2D eigenvalue weighted by molar-refractivity contribution is -0.129. The van der Waals surface area contributed by atoms with E-state index in [-0.39, 0.29) is 5.91 Å². The molecule has 5 nitrogen and oxygen atoms in total. The van der Waals surface area contributed by atoms with Crippen molar-refractivity contribution >= 4 is 11.7 Å². The van der Waals surface area contributed by atoms with Crippen LogP contribution < -0.4 is 4.90 Å². The number of hydrogen-bond donors (Lipinski definition) is 1. The Hall–Kier alpha value is -2.40. The number of rotatable bonds is 3. The number of amides is 1. The summed E-state index contributed by atoms with van der Waals surface area (Å²) in [5.41, 5.74) is 2.70. The number of carbonyl (C=O) groups excluding carboxylic acids is 1. The van der Waals surface area contributed by atoms with Gasteiger partial charge in [-0.05, 0) is 24.1 Å². The highest BCUT2D eigenvalue weighted by Gasteiger charge is 2.21. The summed E-state index contributed by atoms with van der Waals surface area (Å²) in [7, 11) is 0. The van der Waals surface area contributed by atoms with Crippen molar-refractivity contribution in [2.24, 2.45) is 0 Å². The van der Waals surface area contributed by atoms with Crippen LogP contribution in [0, 0.1) is 6.92 Å². The molecule has 1 aromatic carbocycles. The van der Waals surface area contributed by atoms with Gasteiger partial charge in [-0.1, -0.05) is 30.3 Å². The minimum absolute atomic E-state index is 0.126. The number of hydrogen-bond acceptors (Lipinski definition) is 4. The van der Waals surface area contributed by atoms with E-state index in [1.165, 1.54) is 0 Å². The third-order valence-corrected chi connectivity index (χ3v) is 4.53. The first-order chi connectivity index (χ1) is 11.6. The summed E-state index contributed by atoms with van der Waals surface area (Å²) in [6.07, 6.45) is 1.08. The number of piperazine rings is 1. The number of nitrogens with zero attached hydrogens (tertiary/aromatic N) is 3. The molecule has 0 aliphatic carbocycles. The maximum atomic E-state index is 11.4. The molecular formula is C19H23N3O2. The smallest absolute Gasteiger partial charge is 0.219 e. The van der Waals surface area contributed by atoms with Crippen LogP contribution in [-0.2, 0) is 4.79 Å². The third kappa shape index (κ3) is 3.41. The summed E-state index contributed by atoms with van der Waals surface area (Å²) in [5.74, 6) is 1.06. The van der Waals surface area contributed by atoms with Crippen molar-refractivity contribution < 1.29 is 9.90 Å². The molecule has 2 heterocycles. The van der Waals surface area contributed by atoms with Gasteiger partial charge in [-0.3, -0.25) is 4.79 Å². The zero-order valence-corrected chi connectivity index (χ0v) is 14.1. The largest absolute Gasteiger partial charge is 0.384 e. The maximum Gasteiger partial charge on any atom is 0.219 e. The van der Waals surface area contributed by atoms with Gasteiger partial charge >= 0.3 is 0 Å². The normalized spacial score (nSPS) is 16.1. The Bertz CT molecular complexity index is 710. The molecule has 0 saturated carbocycles. The number of pyridine rings is 1. The first kappa shape index (κ1) is 16.5. The molecule has 1 aliphatic rings. The average molecular weight is 325 g/mol. The van der Waals surface area contributed by atoms with E-state index in [2.05, 4.69) is 9.88 Å². The summed E-state index contributed by atoms with van der Waals surface area (Å²) >= 11 is 0. The SMILES string of the molecule is CC(=O)N1CCN(c2ncc([C@@H](O)c3ccccc3)cc2C)CC1. The van der Waals surface area contributed by atoms with Crippen molar-refractivity contribution in [3.8, 4) is 0 Å². The monoisotopic (exact) mass is 325 g/mol. The first-order valence-electron chi connectivity index (χ1n) is 8.26. The van der Waals surface area contributed by atoms with Crippen molar-refractivity contribution in [2.75, 3.05) is 31.1 Å². The molecule has 0 bridgehead atoms. The summed E-state index contributed by atoms with van der Waals surface area (Å²) in [4.78, 5) is 20.1. The molecule has 2 aromatic rings. The molecular weight excluding hydrogens is 302 g/mol. The predicted octanol–water partition coefficient (Wildman–Crippen LogP) is 2.14. The first-order valence-corrected chi connectivity index (χ1v) is 8.26. The Kier molecular flexibility index (Phi) is 4.81. The fraction of sp³-hybridized carbons (Fsp3) is 0.368. The number of aromatic nitrogens is 1. The molecule has 1 atom stereocenters. The predicted molar refractivity (Wildman–Crippen MR) is 93.9 cm³/mol. The van der Waals surface area contributed by atoms with Crippen LogP contribution >= 0.6 is 0 Å². The Morgan fingerprint density at radius 3 is 2.38 bits per heavy atom. The Labute approximate surface area is 142 Å². The van der Waals surface area contributed by atoms with Crippen LogP contribution in [0.25, 0.3) is 0 Å². The zero-order valence-electron chi connectivity index (χ0n) is 14.1. The standard InChI is InChI=1S/C19H23N3O2/c1-14-12-17(18(24)16-6-4-3-5-7-16)13-20-19(14)22-10-8-21(9-11-22)15(2)23/h3-7,12-13,18,24H,8-11H2,1-2H3/t18-/m0/s1. The molecule has 0 radical (unpaired) electrons. The number of aliphatic hydroxyl groups is 1. The number of aliphatic hydroxyl groups excluding tert-OH is 1. The Balaban J connectivity index is 1.75.